The standard InChI is InChI=1S/C28H18N4O9/c1-15(25(33)29-21-7-2-3-8-23(21)32(39)40)41-28(36)16-9-11-17(12-10-16)30-26(34)19-6-4-5-18-22(31(37)38)14-13-20(24(18)19)27(30)35/h2-15H,1H3,(H,29,33). The van der Waals surface area contributed by atoms with Crippen LogP contribution < -0.4 is 10.2 Å². The summed E-state index contributed by atoms with van der Waals surface area (Å²) < 4.78 is 5.19. The lowest BCUT2D eigenvalue weighted by atomic mass is 9.92. The summed E-state index contributed by atoms with van der Waals surface area (Å²) in [5.74, 6) is -3.06. The fraction of sp³-hybridized carbons (Fsp3) is 0.0714. The van der Waals surface area contributed by atoms with Gasteiger partial charge in [0.05, 0.1) is 26.5 Å². The van der Waals surface area contributed by atoms with Gasteiger partial charge in [-0.05, 0) is 55.5 Å². The number of hydrogen-bond acceptors (Lipinski definition) is 9. The Kier molecular flexibility index (Phi) is 6.69. The van der Waals surface area contributed by atoms with E-state index in [1.165, 1.54) is 85.8 Å². The highest BCUT2D eigenvalue weighted by atomic mass is 16.6. The number of nitro benzene ring substituents is 2. The van der Waals surface area contributed by atoms with Gasteiger partial charge in [0, 0.05) is 28.6 Å². The molecular formula is C28H18N4O9. The number of hydrogen-bond donors (Lipinski definition) is 1. The number of non-ortho nitro benzene ring substituents is 1. The SMILES string of the molecule is CC(OC(=O)c1ccc(N2C(=O)c3cccc4c([N+](=O)[O-])ccc(c34)C2=O)cc1)C(=O)Nc1ccccc1[N+](=O)[O-]. The summed E-state index contributed by atoms with van der Waals surface area (Å²) in [6, 6.07) is 17.7. The second-order valence-corrected chi connectivity index (χ2v) is 8.92. The Morgan fingerprint density at radius 1 is 0.805 bits per heavy atom. The molecule has 0 saturated heterocycles. The van der Waals surface area contributed by atoms with Crippen LogP contribution in [0.25, 0.3) is 10.8 Å². The fourth-order valence-electron chi connectivity index (χ4n) is 4.48. The van der Waals surface area contributed by atoms with Gasteiger partial charge in [-0.3, -0.25) is 34.6 Å². The topological polar surface area (TPSA) is 179 Å². The maximum absolute atomic E-state index is 13.3. The molecule has 1 heterocycles. The van der Waals surface area contributed by atoms with E-state index in [-0.39, 0.29) is 50.2 Å². The second kappa shape index (κ2) is 10.3. The van der Waals surface area contributed by atoms with Crippen LogP contribution in [-0.4, -0.2) is 39.6 Å². The number of carbonyl (C=O) groups is 4. The first-order chi connectivity index (χ1) is 19.6. The molecule has 13 heteroatoms. The monoisotopic (exact) mass is 554 g/mol. The first-order valence-corrected chi connectivity index (χ1v) is 12.0. The van der Waals surface area contributed by atoms with Crippen LogP contribution in [0.2, 0.25) is 0 Å². The molecule has 4 aromatic rings. The van der Waals surface area contributed by atoms with Crippen LogP contribution in [-0.2, 0) is 9.53 Å². The lowest BCUT2D eigenvalue weighted by molar-refractivity contribution is -0.384. The number of rotatable bonds is 7. The van der Waals surface area contributed by atoms with Crippen molar-refractivity contribution in [3.8, 4) is 0 Å². The largest absolute Gasteiger partial charge is 0.449 e. The second-order valence-electron chi connectivity index (χ2n) is 8.92. The number of carbonyl (C=O) groups excluding carboxylic acids is 4. The molecule has 204 valence electrons. The number of para-hydroxylation sites is 2. The summed E-state index contributed by atoms with van der Waals surface area (Å²) in [5.41, 5.74) is -0.238. The summed E-state index contributed by atoms with van der Waals surface area (Å²) in [5, 5.41) is 25.3. The van der Waals surface area contributed by atoms with E-state index in [0.717, 1.165) is 4.90 Å². The molecule has 0 aliphatic carbocycles. The number of amides is 3. The van der Waals surface area contributed by atoms with Crippen molar-refractivity contribution in [3.63, 3.8) is 0 Å². The van der Waals surface area contributed by atoms with Crippen molar-refractivity contribution in [2.24, 2.45) is 0 Å². The molecule has 0 bridgehead atoms. The van der Waals surface area contributed by atoms with Crippen LogP contribution in [0.1, 0.15) is 38.0 Å². The van der Waals surface area contributed by atoms with Crippen molar-refractivity contribution in [2.45, 2.75) is 13.0 Å². The van der Waals surface area contributed by atoms with Gasteiger partial charge in [-0.25, -0.2) is 9.69 Å². The van der Waals surface area contributed by atoms with E-state index >= 15 is 0 Å². The number of benzene rings is 4. The quantitative estimate of drug-likeness (QED) is 0.147. The fourth-order valence-corrected chi connectivity index (χ4v) is 4.48. The first-order valence-electron chi connectivity index (χ1n) is 12.0. The van der Waals surface area contributed by atoms with E-state index < -0.39 is 39.6 Å². The highest BCUT2D eigenvalue weighted by Crippen LogP contribution is 2.37. The normalized spacial score (nSPS) is 13.0. The lowest BCUT2D eigenvalue weighted by Crippen LogP contribution is -2.40. The zero-order chi connectivity index (χ0) is 29.4. The van der Waals surface area contributed by atoms with Crippen LogP contribution in [0, 0.1) is 20.2 Å². The van der Waals surface area contributed by atoms with Crippen LogP contribution in [0.5, 0.6) is 0 Å². The summed E-state index contributed by atoms with van der Waals surface area (Å²) >= 11 is 0. The Balaban J connectivity index is 1.33. The van der Waals surface area contributed by atoms with Crippen molar-refractivity contribution in [3.05, 3.63) is 116 Å². The van der Waals surface area contributed by atoms with Crippen LogP contribution in [0.15, 0.2) is 78.9 Å². The summed E-state index contributed by atoms with van der Waals surface area (Å²) in [7, 11) is 0. The predicted octanol–water partition coefficient (Wildman–Crippen LogP) is 4.64. The van der Waals surface area contributed by atoms with Crippen molar-refractivity contribution in [1.29, 1.82) is 0 Å². The lowest BCUT2D eigenvalue weighted by Gasteiger charge is -2.27. The molecule has 41 heavy (non-hydrogen) atoms. The molecule has 1 atom stereocenters. The van der Waals surface area contributed by atoms with E-state index in [2.05, 4.69) is 5.32 Å². The van der Waals surface area contributed by atoms with E-state index in [1.807, 2.05) is 0 Å². The van der Waals surface area contributed by atoms with Gasteiger partial charge in [0.2, 0.25) is 0 Å². The van der Waals surface area contributed by atoms with E-state index in [0.29, 0.717) is 0 Å². The minimum atomic E-state index is -1.31. The third kappa shape index (κ3) is 4.71. The van der Waals surface area contributed by atoms with Crippen molar-refractivity contribution in [2.75, 3.05) is 10.2 Å². The summed E-state index contributed by atoms with van der Waals surface area (Å²) in [6.07, 6.45) is -1.31. The predicted molar refractivity (Wildman–Crippen MR) is 145 cm³/mol. The molecule has 4 aromatic carbocycles. The minimum absolute atomic E-state index is 0.00845. The van der Waals surface area contributed by atoms with Gasteiger partial charge in [0.25, 0.3) is 29.1 Å². The number of ether oxygens (including phenoxy) is 1. The molecule has 1 aliphatic heterocycles. The number of anilines is 2. The molecule has 1 aliphatic rings. The zero-order valence-electron chi connectivity index (χ0n) is 21.1. The molecule has 0 spiro atoms. The van der Waals surface area contributed by atoms with Crippen molar-refractivity contribution >= 4 is 57.2 Å². The van der Waals surface area contributed by atoms with Crippen LogP contribution in [0.4, 0.5) is 22.7 Å². The first kappa shape index (κ1) is 26.6. The summed E-state index contributed by atoms with van der Waals surface area (Å²) in [6.45, 7) is 1.30. The molecule has 0 aromatic heterocycles. The average molecular weight is 554 g/mol. The molecule has 1 N–H and O–H groups in total. The number of nitro groups is 2. The highest BCUT2D eigenvalue weighted by molar-refractivity contribution is 6.36. The molecule has 0 fully saturated rings. The Morgan fingerprint density at radius 2 is 1.44 bits per heavy atom. The molecule has 0 radical (unpaired) electrons. The van der Waals surface area contributed by atoms with Gasteiger partial charge in [-0.2, -0.15) is 0 Å². The number of nitrogens with zero attached hydrogens (tertiary/aromatic N) is 3. The molecular weight excluding hydrogens is 536 g/mol. The van der Waals surface area contributed by atoms with Crippen molar-refractivity contribution in [1.82, 2.24) is 0 Å². The number of esters is 1. The van der Waals surface area contributed by atoms with Gasteiger partial charge in [-0.1, -0.05) is 18.2 Å². The maximum Gasteiger partial charge on any atom is 0.338 e. The Hall–Kier alpha value is -5.98. The Morgan fingerprint density at radius 3 is 2.10 bits per heavy atom. The molecule has 1 unspecified atom stereocenters. The van der Waals surface area contributed by atoms with E-state index in [9.17, 15) is 39.4 Å². The molecule has 0 saturated carbocycles. The highest BCUT2D eigenvalue weighted by Gasteiger charge is 2.35. The van der Waals surface area contributed by atoms with Gasteiger partial charge < -0.3 is 10.1 Å². The Bertz CT molecular complexity index is 1780. The number of nitrogens with one attached hydrogen (secondary N) is 1. The summed E-state index contributed by atoms with van der Waals surface area (Å²) in [4.78, 5) is 74.0. The minimum Gasteiger partial charge on any atom is -0.449 e. The van der Waals surface area contributed by atoms with Crippen LogP contribution in [0.3, 0.4) is 0 Å². The van der Waals surface area contributed by atoms with Gasteiger partial charge in [0.1, 0.15) is 5.69 Å². The van der Waals surface area contributed by atoms with Gasteiger partial charge in [0.15, 0.2) is 6.10 Å². The smallest absolute Gasteiger partial charge is 0.338 e. The third-order valence-corrected chi connectivity index (χ3v) is 6.45. The average Bonchev–Trinajstić information content (AvgIpc) is 2.96. The zero-order valence-corrected chi connectivity index (χ0v) is 21.1. The molecule has 13 nitrogen and oxygen atoms in total. The number of imide groups is 1. The van der Waals surface area contributed by atoms with Gasteiger partial charge in [-0.15, -0.1) is 0 Å². The van der Waals surface area contributed by atoms with Crippen molar-refractivity contribution < 1.29 is 33.8 Å². The Labute approximate surface area is 230 Å². The maximum atomic E-state index is 13.3. The van der Waals surface area contributed by atoms with E-state index in [1.54, 1.807) is 0 Å². The van der Waals surface area contributed by atoms with Crippen LogP contribution >= 0.6 is 0 Å². The van der Waals surface area contributed by atoms with E-state index in [4.69, 9.17) is 4.74 Å². The molecule has 3 amide bonds. The third-order valence-electron chi connectivity index (χ3n) is 6.45. The molecule has 5 rings (SSSR count). The van der Waals surface area contributed by atoms with Gasteiger partial charge >= 0.3 is 5.97 Å².